The molecule has 0 bridgehead atoms. The monoisotopic (exact) mass is 430 g/mol. The van der Waals surface area contributed by atoms with Crippen LogP contribution >= 0.6 is 0 Å². The van der Waals surface area contributed by atoms with E-state index in [0.29, 0.717) is 28.3 Å². The second-order valence-corrected chi connectivity index (χ2v) is 7.23. The van der Waals surface area contributed by atoms with E-state index in [-0.39, 0.29) is 18.0 Å². The maximum Gasteiger partial charge on any atom is 0.266 e. The van der Waals surface area contributed by atoms with Crippen LogP contribution in [-0.2, 0) is 11.4 Å². The molecule has 1 N–H and O–H groups in total. The van der Waals surface area contributed by atoms with Gasteiger partial charge in [0, 0.05) is 11.3 Å². The lowest BCUT2D eigenvalue weighted by molar-refractivity contribution is -0.112. The summed E-state index contributed by atoms with van der Waals surface area (Å²) < 4.78 is 24.9. The van der Waals surface area contributed by atoms with E-state index in [9.17, 15) is 14.4 Å². The summed E-state index contributed by atoms with van der Waals surface area (Å²) in [5, 5.41) is 12.3. The summed E-state index contributed by atoms with van der Waals surface area (Å²) in [6, 6.07) is 19.0. The van der Waals surface area contributed by atoms with Gasteiger partial charge in [0.25, 0.3) is 5.91 Å². The molecule has 3 aromatic rings. The van der Waals surface area contributed by atoms with Gasteiger partial charge in [-0.25, -0.2) is 4.39 Å². The molecule has 0 aliphatic rings. The number of nitrogens with one attached hydrogen (secondary N) is 1. The predicted octanol–water partition coefficient (Wildman–Crippen LogP) is 5.58. The molecule has 0 spiro atoms. The zero-order chi connectivity index (χ0) is 23.1. The van der Waals surface area contributed by atoms with Gasteiger partial charge in [0.1, 0.15) is 24.1 Å². The second-order valence-electron chi connectivity index (χ2n) is 7.23. The maximum atomic E-state index is 13.8. The Morgan fingerprint density at radius 1 is 1.09 bits per heavy atom. The number of carbonyl (C=O) groups excluding carboxylic acids is 1. The van der Waals surface area contributed by atoms with Gasteiger partial charge in [-0.05, 0) is 60.9 Å². The standard InChI is InChI=1S/C26H23FN2O3/c1-17-8-9-18(2)23(12-17)29-26(30)21(15-28)13-19-10-11-24(25(14-19)31-3)32-16-20-6-4-5-7-22(20)27/h4-14H,16H2,1-3H3,(H,29,30)/b21-13+. The Morgan fingerprint density at radius 2 is 1.88 bits per heavy atom. The highest BCUT2D eigenvalue weighted by Crippen LogP contribution is 2.30. The Hall–Kier alpha value is -4.11. The van der Waals surface area contributed by atoms with Crippen LogP contribution in [0.3, 0.4) is 0 Å². The van der Waals surface area contributed by atoms with Gasteiger partial charge in [-0.1, -0.05) is 36.4 Å². The van der Waals surface area contributed by atoms with Crippen molar-refractivity contribution in [2.75, 3.05) is 12.4 Å². The van der Waals surface area contributed by atoms with Gasteiger partial charge in [0.15, 0.2) is 11.5 Å². The first-order valence-electron chi connectivity index (χ1n) is 9.96. The van der Waals surface area contributed by atoms with Crippen LogP contribution in [0, 0.1) is 31.0 Å². The summed E-state index contributed by atoms with van der Waals surface area (Å²) in [4.78, 5) is 12.6. The molecule has 0 saturated carbocycles. The molecule has 32 heavy (non-hydrogen) atoms. The SMILES string of the molecule is COc1cc(/C=C(\C#N)C(=O)Nc2cc(C)ccc2C)ccc1OCc1ccccc1F. The van der Waals surface area contributed by atoms with E-state index in [1.807, 2.05) is 38.1 Å². The van der Waals surface area contributed by atoms with Crippen molar-refractivity contribution in [3.05, 3.63) is 94.3 Å². The van der Waals surface area contributed by atoms with Crippen LogP contribution < -0.4 is 14.8 Å². The van der Waals surface area contributed by atoms with Crippen molar-refractivity contribution in [1.29, 1.82) is 5.26 Å². The number of anilines is 1. The van der Waals surface area contributed by atoms with Crippen LogP contribution in [-0.4, -0.2) is 13.0 Å². The van der Waals surface area contributed by atoms with Crippen molar-refractivity contribution in [1.82, 2.24) is 0 Å². The minimum atomic E-state index is -0.500. The summed E-state index contributed by atoms with van der Waals surface area (Å²) in [5.41, 5.74) is 3.53. The predicted molar refractivity (Wildman–Crippen MR) is 122 cm³/mol. The second kappa shape index (κ2) is 10.3. The number of methoxy groups -OCH3 is 1. The van der Waals surface area contributed by atoms with E-state index in [2.05, 4.69) is 5.32 Å². The van der Waals surface area contributed by atoms with E-state index in [1.165, 1.54) is 19.3 Å². The topological polar surface area (TPSA) is 71.3 Å². The van der Waals surface area contributed by atoms with Crippen molar-refractivity contribution in [3.8, 4) is 17.6 Å². The van der Waals surface area contributed by atoms with E-state index >= 15 is 0 Å². The number of halogens is 1. The van der Waals surface area contributed by atoms with E-state index < -0.39 is 5.91 Å². The van der Waals surface area contributed by atoms with Crippen LogP contribution in [0.1, 0.15) is 22.3 Å². The van der Waals surface area contributed by atoms with Gasteiger partial charge in [-0.3, -0.25) is 4.79 Å². The fraction of sp³-hybridized carbons (Fsp3) is 0.154. The Bertz CT molecular complexity index is 1210. The number of ether oxygens (including phenoxy) is 2. The Labute approximate surface area is 186 Å². The zero-order valence-electron chi connectivity index (χ0n) is 18.1. The van der Waals surface area contributed by atoms with Crippen molar-refractivity contribution < 1.29 is 18.7 Å². The summed E-state index contributed by atoms with van der Waals surface area (Å²) >= 11 is 0. The highest BCUT2D eigenvalue weighted by atomic mass is 19.1. The largest absolute Gasteiger partial charge is 0.493 e. The molecule has 6 heteroatoms. The molecule has 0 saturated heterocycles. The lowest BCUT2D eigenvalue weighted by Gasteiger charge is -2.12. The Balaban J connectivity index is 1.78. The van der Waals surface area contributed by atoms with Crippen LogP contribution in [0.25, 0.3) is 6.08 Å². The zero-order valence-corrected chi connectivity index (χ0v) is 18.1. The van der Waals surface area contributed by atoms with Crippen molar-refractivity contribution >= 4 is 17.7 Å². The van der Waals surface area contributed by atoms with Crippen LogP contribution in [0.5, 0.6) is 11.5 Å². The molecule has 5 nitrogen and oxygen atoms in total. The van der Waals surface area contributed by atoms with Gasteiger partial charge in [-0.2, -0.15) is 5.26 Å². The molecule has 3 aromatic carbocycles. The lowest BCUT2D eigenvalue weighted by Crippen LogP contribution is -2.14. The van der Waals surface area contributed by atoms with Crippen molar-refractivity contribution in [2.24, 2.45) is 0 Å². The fourth-order valence-corrected chi connectivity index (χ4v) is 3.04. The number of amides is 1. The van der Waals surface area contributed by atoms with E-state index in [4.69, 9.17) is 9.47 Å². The van der Waals surface area contributed by atoms with Gasteiger partial charge >= 0.3 is 0 Å². The lowest BCUT2D eigenvalue weighted by atomic mass is 10.1. The number of nitrogens with zero attached hydrogens (tertiary/aromatic N) is 1. The number of aryl methyl sites for hydroxylation is 2. The van der Waals surface area contributed by atoms with E-state index in [0.717, 1.165) is 11.1 Å². The highest BCUT2D eigenvalue weighted by Gasteiger charge is 2.13. The molecule has 3 rings (SSSR count). The highest BCUT2D eigenvalue weighted by molar-refractivity contribution is 6.10. The first kappa shape index (κ1) is 22.6. The molecule has 0 heterocycles. The third-order valence-corrected chi connectivity index (χ3v) is 4.85. The van der Waals surface area contributed by atoms with Crippen LogP contribution in [0.4, 0.5) is 10.1 Å². The molecule has 0 aromatic heterocycles. The number of hydrogen-bond donors (Lipinski definition) is 1. The molecule has 0 aliphatic heterocycles. The average molecular weight is 430 g/mol. The molecular formula is C26H23FN2O3. The summed E-state index contributed by atoms with van der Waals surface area (Å²) in [6.07, 6.45) is 1.48. The number of rotatable bonds is 7. The third kappa shape index (κ3) is 5.52. The average Bonchev–Trinajstić information content (AvgIpc) is 2.79. The van der Waals surface area contributed by atoms with Gasteiger partial charge in [0.05, 0.1) is 7.11 Å². The first-order valence-corrected chi connectivity index (χ1v) is 9.96. The van der Waals surface area contributed by atoms with Gasteiger partial charge in [0.2, 0.25) is 0 Å². The molecule has 162 valence electrons. The van der Waals surface area contributed by atoms with Crippen LogP contribution in [0.2, 0.25) is 0 Å². The number of carbonyl (C=O) groups is 1. The quantitative estimate of drug-likeness (QED) is 0.393. The van der Waals surface area contributed by atoms with Gasteiger partial charge < -0.3 is 14.8 Å². The maximum absolute atomic E-state index is 13.8. The number of hydrogen-bond acceptors (Lipinski definition) is 4. The number of benzene rings is 3. The molecule has 0 aliphatic carbocycles. The summed E-state index contributed by atoms with van der Waals surface area (Å²) in [5.74, 6) is -0.0202. The molecular weight excluding hydrogens is 407 g/mol. The Morgan fingerprint density at radius 3 is 2.59 bits per heavy atom. The normalized spacial score (nSPS) is 10.9. The third-order valence-electron chi connectivity index (χ3n) is 4.85. The smallest absolute Gasteiger partial charge is 0.266 e. The molecule has 0 unspecified atom stereocenters. The Kier molecular flexibility index (Phi) is 7.25. The van der Waals surface area contributed by atoms with E-state index in [1.54, 1.807) is 36.4 Å². The molecule has 0 fully saturated rings. The summed E-state index contributed by atoms with van der Waals surface area (Å²) in [6.45, 7) is 3.86. The van der Waals surface area contributed by atoms with Crippen molar-refractivity contribution in [3.63, 3.8) is 0 Å². The van der Waals surface area contributed by atoms with Crippen molar-refractivity contribution in [2.45, 2.75) is 20.5 Å². The fourth-order valence-electron chi connectivity index (χ4n) is 3.04. The molecule has 1 amide bonds. The summed E-state index contributed by atoms with van der Waals surface area (Å²) in [7, 11) is 1.48. The van der Waals surface area contributed by atoms with Crippen LogP contribution in [0.15, 0.2) is 66.2 Å². The molecule has 0 atom stereocenters. The number of nitriles is 1. The first-order chi connectivity index (χ1) is 15.4. The minimum Gasteiger partial charge on any atom is -0.493 e. The molecule has 0 radical (unpaired) electrons. The minimum absolute atomic E-state index is 0.0416. The van der Waals surface area contributed by atoms with Gasteiger partial charge in [-0.15, -0.1) is 0 Å².